The molecule has 0 unspecified atom stereocenters. The fourth-order valence-corrected chi connectivity index (χ4v) is 2.50. The molecule has 2 aromatic carbocycles. The molecule has 0 fully saturated rings. The highest BCUT2D eigenvalue weighted by Gasteiger charge is 2.15. The van der Waals surface area contributed by atoms with Crippen LogP contribution in [0.15, 0.2) is 63.9 Å². The number of carbonyl (C=O) groups is 1. The van der Waals surface area contributed by atoms with E-state index in [0.29, 0.717) is 23.0 Å². The smallest absolute Gasteiger partial charge is 0.325 e. The predicted molar refractivity (Wildman–Crippen MR) is 95.4 cm³/mol. The summed E-state index contributed by atoms with van der Waals surface area (Å²) < 4.78 is 5.94. The van der Waals surface area contributed by atoms with Crippen molar-refractivity contribution in [1.82, 2.24) is 9.72 Å². The molecule has 128 valence electrons. The van der Waals surface area contributed by atoms with E-state index < -0.39 is 5.76 Å². The molecular formula is C19H19N3O3. The minimum Gasteiger partial charge on any atom is -0.325 e. The van der Waals surface area contributed by atoms with Crippen LogP contribution in [-0.2, 0) is 11.3 Å². The van der Waals surface area contributed by atoms with Crippen LogP contribution in [0.2, 0.25) is 0 Å². The molecule has 1 aromatic heterocycles. The van der Waals surface area contributed by atoms with Crippen LogP contribution in [0.4, 0.5) is 5.69 Å². The van der Waals surface area contributed by atoms with Crippen LogP contribution in [0.3, 0.4) is 0 Å². The molecule has 0 saturated carbocycles. The van der Waals surface area contributed by atoms with Crippen molar-refractivity contribution in [2.75, 3.05) is 5.32 Å². The van der Waals surface area contributed by atoms with E-state index in [1.807, 2.05) is 42.5 Å². The lowest BCUT2D eigenvalue weighted by Crippen LogP contribution is -2.25. The van der Waals surface area contributed by atoms with Crippen LogP contribution in [0.5, 0.6) is 0 Å². The summed E-state index contributed by atoms with van der Waals surface area (Å²) >= 11 is 0. The van der Waals surface area contributed by atoms with Crippen molar-refractivity contribution in [2.24, 2.45) is 0 Å². The van der Waals surface area contributed by atoms with Gasteiger partial charge in [0.05, 0.1) is 0 Å². The van der Waals surface area contributed by atoms with Crippen LogP contribution in [0.25, 0.3) is 11.4 Å². The molecule has 0 aliphatic rings. The number of carbonyl (C=O) groups excluding carboxylic acids is 1. The number of nitrogens with one attached hydrogen (secondary N) is 1. The zero-order valence-electron chi connectivity index (χ0n) is 14.1. The Morgan fingerprint density at radius 1 is 1.12 bits per heavy atom. The first kappa shape index (κ1) is 16.7. The van der Waals surface area contributed by atoms with Crippen molar-refractivity contribution in [2.45, 2.75) is 26.3 Å². The van der Waals surface area contributed by atoms with E-state index in [4.69, 9.17) is 4.52 Å². The second-order valence-electron chi connectivity index (χ2n) is 6.05. The summed E-state index contributed by atoms with van der Waals surface area (Å²) in [5.41, 5.74) is 2.59. The van der Waals surface area contributed by atoms with Gasteiger partial charge in [-0.15, -0.1) is 0 Å². The molecule has 0 aliphatic heterocycles. The predicted octanol–water partition coefficient (Wildman–Crippen LogP) is 3.27. The maximum atomic E-state index is 12.3. The Hall–Kier alpha value is -3.15. The number of aromatic nitrogens is 2. The Balaban J connectivity index is 1.75. The molecule has 0 radical (unpaired) electrons. The van der Waals surface area contributed by atoms with Gasteiger partial charge in [0.25, 0.3) is 0 Å². The van der Waals surface area contributed by atoms with E-state index in [9.17, 15) is 9.59 Å². The summed E-state index contributed by atoms with van der Waals surface area (Å²) in [6.07, 6.45) is 0. The first-order chi connectivity index (χ1) is 12.0. The van der Waals surface area contributed by atoms with Crippen LogP contribution >= 0.6 is 0 Å². The summed E-state index contributed by atoms with van der Waals surface area (Å²) in [7, 11) is 0. The average Bonchev–Trinajstić information content (AvgIpc) is 2.97. The highest BCUT2D eigenvalue weighted by atomic mass is 16.5. The molecule has 0 spiro atoms. The monoisotopic (exact) mass is 337 g/mol. The average molecular weight is 337 g/mol. The van der Waals surface area contributed by atoms with E-state index >= 15 is 0 Å². The first-order valence-electron chi connectivity index (χ1n) is 8.06. The van der Waals surface area contributed by atoms with Gasteiger partial charge < -0.3 is 5.32 Å². The van der Waals surface area contributed by atoms with Crippen molar-refractivity contribution >= 4 is 11.6 Å². The van der Waals surface area contributed by atoms with Crippen LogP contribution in [0.1, 0.15) is 25.3 Å². The molecule has 6 nitrogen and oxygen atoms in total. The molecule has 1 N–H and O–H groups in total. The molecule has 3 aromatic rings. The van der Waals surface area contributed by atoms with Gasteiger partial charge in [-0.05, 0) is 23.6 Å². The topological polar surface area (TPSA) is 77.1 Å². The number of benzene rings is 2. The first-order valence-corrected chi connectivity index (χ1v) is 8.06. The van der Waals surface area contributed by atoms with E-state index in [-0.39, 0.29) is 12.5 Å². The van der Waals surface area contributed by atoms with Crippen molar-refractivity contribution in [3.05, 3.63) is 70.7 Å². The Bertz CT molecular complexity index is 909. The molecule has 3 rings (SSSR count). The fourth-order valence-electron chi connectivity index (χ4n) is 2.50. The summed E-state index contributed by atoms with van der Waals surface area (Å²) in [6.45, 7) is 4.05. The van der Waals surface area contributed by atoms with E-state index in [2.05, 4.69) is 24.3 Å². The number of rotatable bonds is 5. The van der Waals surface area contributed by atoms with Crippen molar-refractivity contribution in [1.29, 1.82) is 0 Å². The van der Waals surface area contributed by atoms with E-state index in [1.165, 1.54) is 10.1 Å². The highest BCUT2D eigenvalue weighted by molar-refractivity contribution is 5.90. The summed E-state index contributed by atoms with van der Waals surface area (Å²) in [5.74, 6) is -0.228. The SMILES string of the molecule is CC(C)c1ccc(NC(=O)Cn2c(-c3ccccc3)noc2=O)cc1. The molecule has 1 heterocycles. The molecule has 0 bridgehead atoms. The Morgan fingerprint density at radius 2 is 1.80 bits per heavy atom. The van der Waals surface area contributed by atoms with Gasteiger partial charge in [-0.3, -0.25) is 9.32 Å². The second-order valence-corrected chi connectivity index (χ2v) is 6.05. The van der Waals surface area contributed by atoms with Gasteiger partial charge in [-0.1, -0.05) is 61.5 Å². The van der Waals surface area contributed by atoms with Crippen LogP contribution in [0, 0.1) is 0 Å². The van der Waals surface area contributed by atoms with Gasteiger partial charge in [0, 0.05) is 11.3 Å². The molecule has 0 aliphatic carbocycles. The van der Waals surface area contributed by atoms with Crippen molar-refractivity contribution < 1.29 is 9.32 Å². The van der Waals surface area contributed by atoms with Gasteiger partial charge in [-0.25, -0.2) is 9.36 Å². The minimum atomic E-state index is -0.663. The van der Waals surface area contributed by atoms with Gasteiger partial charge in [-0.2, -0.15) is 0 Å². The maximum absolute atomic E-state index is 12.3. The summed E-state index contributed by atoms with van der Waals surface area (Å²) in [5, 5.41) is 6.56. The van der Waals surface area contributed by atoms with Crippen LogP contribution < -0.4 is 11.1 Å². The van der Waals surface area contributed by atoms with Crippen molar-refractivity contribution in [3.63, 3.8) is 0 Å². The molecule has 0 saturated heterocycles. The third-order valence-electron chi connectivity index (χ3n) is 3.88. The zero-order valence-corrected chi connectivity index (χ0v) is 14.1. The molecular weight excluding hydrogens is 318 g/mol. The number of amides is 1. The third kappa shape index (κ3) is 3.85. The Kier molecular flexibility index (Phi) is 4.79. The lowest BCUT2D eigenvalue weighted by molar-refractivity contribution is -0.116. The molecule has 6 heteroatoms. The van der Waals surface area contributed by atoms with Gasteiger partial charge in [0.1, 0.15) is 6.54 Å². The largest absolute Gasteiger partial charge is 0.442 e. The molecule has 25 heavy (non-hydrogen) atoms. The highest BCUT2D eigenvalue weighted by Crippen LogP contribution is 2.18. The van der Waals surface area contributed by atoms with E-state index in [0.717, 1.165) is 0 Å². The minimum absolute atomic E-state index is 0.168. The fraction of sp³-hybridized carbons (Fsp3) is 0.211. The number of anilines is 1. The van der Waals surface area contributed by atoms with E-state index in [1.54, 1.807) is 12.1 Å². The van der Waals surface area contributed by atoms with Crippen molar-refractivity contribution in [3.8, 4) is 11.4 Å². The summed E-state index contributed by atoms with van der Waals surface area (Å²) in [6, 6.07) is 16.8. The van der Waals surface area contributed by atoms with Crippen LogP contribution in [-0.4, -0.2) is 15.6 Å². The summed E-state index contributed by atoms with van der Waals surface area (Å²) in [4.78, 5) is 24.2. The van der Waals surface area contributed by atoms with Gasteiger partial charge >= 0.3 is 5.76 Å². The number of hydrogen-bond acceptors (Lipinski definition) is 4. The third-order valence-corrected chi connectivity index (χ3v) is 3.88. The standard InChI is InChI=1S/C19H19N3O3/c1-13(2)14-8-10-16(11-9-14)20-17(23)12-22-18(21-25-19(22)24)15-6-4-3-5-7-15/h3-11,13H,12H2,1-2H3,(H,20,23). The molecule has 0 atom stereocenters. The lowest BCUT2D eigenvalue weighted by atomic mass is 10.0. The van der Waals surface area contributed by atoms with Gasteiger partial charge in [0.15, 0.2) is 5.82 Å². The Labute approximate surface area is 145 Å². The lowest BCUT2D eigenvalue weighted by Gasteiger charge is -2.09. The number of hydrogen-bond donors (Lipinski definition) is 1. The maximum Gasteiger partial charge on any atom is 0.442 e. The second kappa shape index (κ2) is 7.17. The molecule has 1 amide bonds. The number of nitrogens with zero attached hydrogens (tertiary/aromatic N) is 2. The zero-order chi connectivity index (χ0) is 17.8. The Morgan fingerprint density at radius 3 is 2.44 bits per heavy atom. The van der Waals surface area contributed by atoms with Gasteiger partial charge in [0.2, 0.25) is 5.91 Å². The quantitative estimate of drug-likeness (QED) is 0.775. The normalized spacial score (nSPS) is 10.8.